The Balaban J connectivity index is 1.77. The minimum atomic E-state index is -4.61. The van der Waals surface area contributed by atoms with Crippen LogP contribution in [0.3, 0.4) is 0 Å². The number of aromatic nitrogens is 2. The second kappa shape index (κ2) is 6.26. The summed E-state index contributed by atoms with van der Waals surface area (Å²) in [5.41, 5.74) is -1.51. The van der Waals surface area contributed by atoms with Crippen LogP contribution >= 0.6 is 0 Å². The summed E-state index contributed by atoms with van der Waals surface area (Å²) >= 11 is 0. The highest BCUT2D eigenvalue weighted by molar-refractivity contribution is 6.02. The van der Waals surface area contributed by atoms with Gasteiger partial charge >= 0.3 is 6.18 Å². The van der Waals surface area contributed by atoms with Crippen molar-refractivity contribution < 1.29 is 22.4 Å². The van der Waals surface area contributed by atoms with Gasteiger partial charge in [0.05, 0.1) is 17.3 Å². The number of nitrogens with zero attached hydrogens (tertiary/aromatic N) is 2. The Morgan fingerprint density at radius 1 is 1.21 bits per heavy atom. The molecule has 0 radical (unpaired) electrons. The van der Waals surface area contributed by atoms with E-state index in [1.165, 1.54) is 6.07 Å². The molecule has 1 N–H and O–H groups in total. The smallest absolute Gasteiger partial charge is 0.318 e. The molecule has 3 rings (SSSR count). The third-order valence-electron chi connectivity index (χ3n) is 4.08. The maximum Gasteiger partial charge on any atom is 0.416 e. The quantitative estimate of drug-likeness (QED) is 0.841. The van der Waals surface area contributed by atoms with E-state index >= 15 is 0 Å². The molecule has 1 saturated carbocycles. The Bertz CT molecular complexity index is 748. The Morgan fingerprint density at radius 3 is 2.58 bits per heavy atom. The first-order valence-corrected chi connectivity index (χ1v) is 7.58. The molecule has 1 fully saturated rings. The van der Waals surface area contributed by atoms with E-state index in [1.807, 2.05) is 0 Å². The SMILES string of the molecule is O=C(Nc1cc(C(F)(F)F)ccc1F)c1ccn(C2CCCC2)n1. The van der Waals surface area contributed by atoms with E-state index in [1.54, 1.807) is 10.9 Å². The molecule has 24 heavy (non-hydrogen) atoms. The molecule has 2 aromatic rings. The van der Waals surface area contributed by atoms with Crippen LogP contribution in [0.25, 0.3) is 0 Å². The fourth-order valence-electron chi connectivity index (χ4n) is 2.82. The highest BCUT2D eigenvalue weighted by atomic mass is 19.4. The van der Waals surface area contributed by atoms with Gasteiger partial charge in [0.2, 0.25) is 0 Å². The lowest BCUT2D eigenvalue weighted by Crippen LogP contribution is -2.16. The van der Waals surface area contributed by atoms with Crippen molar-refractivity contribution in [2.75, 3.05) is 5.32 Å². The Hall–Kier alpha value is -2.38. The number of amides is 1. The van der Waals surface area contributed by atoms with E-state index in [0.717, 1.165) is 25.7 Å². The van der Waals surface area contributed by atoms with Gasteiger partial charge in [-0.25, -0.2) is 4.39 Å². The maximum absolute atomic E-state index is 13.7. The summed E-state index contributed by atoms with van der Waals surface area (Å²) in [5, 5.41) is 6.30. The molecular formula is C16H15F4N3O. The molecule has 4 nitrogen and oxygen atoms in total. The van der Waals surface area contributed by atoms with Crippen molar-refractivity contribution in [1.82, 2.24) is 9.78 Å². The number of halogens is 4. The number of anilines is 1. The summed E-state index contributed by atoms with van der Waals surface area (Å²) in [5.74, 6) is -1.68. The van der Waals surface area contributed by atoms with Crippen LogP contribution in [-0.4, -0.2) is 15.7 Å². The summed E-state index contributed by atoms with van der Waals surface area (Å²) in [6.45, 7) is 0. The van der Waals surface area contributed by atoms with E-state index in [-0.39, 0.29) is 11.7 Å². The summed E-state index contributed by atoms with van der Waals surface area (Å²) in [6.07, 6.45) is 1.20. The van der Waals surface area contributed by atoms with Crippen LogP contribution in [0, 0.1) is 5.82 Å². The lowest BCUT2D eigenvalue weighted by atomic mass is 10.2. The molecular weight excluding hydrogens is 326 g/mol. The average Bonchev–Trinajstić information content (AvgIpc) is 3.19. The molecule has 128 valence electrons. The van der Waals surface area contributed by atoms with Crippen molar-refractivity contribution in [2.24, 2.45) is 0 Å². The number of carbonyl (C=O) groups excluding carboxylic acids is 1. The summed E-state index contributed by atoms with van der Waals surface area (Å²) in [4.78, 5) is 12.1. The zero-order valence-electron chi connectivity index (χ0n) is 12.6. The monoisotopic (exact) mass is 341 g/mol. The van der Waals surface area contributed by atoms with E-state index < -0.39 is 29.2 Å². The zero-order valence-corrected chi connectivity index (χ0v) is 12.6. The van der Waals surface area contributed by atoms with Crippen molar-refractivity contribution in [3.8, 4) is 0 Å². The van der Waals surface area contributed by atoms with Crippen LogP contribution in [0.4, 0.5) is 23.2 Å². The van der Waals surface area contributed by atoms with Crippen molar-refractivity contribution >= 4 is 11.6 Å². The highest BCUT2D eigenvalue weighted by Gasteiger charge is 2.31. The first-order chi connectivity index (χ1) is 11.3. The predicted molar refractivity (Wildman–Crippen MR) is 79.1 cm³/mol. The van der Waals surface area contributed by atoms with Gasteiger partial charge in [0, 0.05) is 6.20 Å². The van der Waals surface area contributed by atoms with Gasteiger partial charge in [-0.3, -0.25) is 9.48 Å². The van der Waals surface area contributed by atoms with Crippen molar-refractivity contribution in [3.63, 3.8) is 0 Å². The number of benzene rings is 1. The molecule has 1 aliphatic rings. The molecule has 1 amide bonds. The van der Waals surface area contributed by atoms with Gasteiger partial charge in [0.25, 0.3) is 5.91 Å². The third-order valence-corrected chi connectivity index (χ3v) is 4.08. The number of carbonyl (C=O) groups is 1. The number of hydrogen-bond acceptors (Lipinski definition) is 2. The predicted octanol–water partition coefficient (Wildman–Crippen LogP) is 4.41. The minimum Gasteiger partial charge on any atom is -0.318 e. The molecule has 0 spiro atoms. The maximum atomic E-state index is 13.7. The van der Waals surface area contributed by atoms with Crippen LogP contribution in [0.2, 0.25) is 0 Å². The highest BCUT2D eigenvalue weighted by Crippen LogP contribution is 2.32. The molecule has 0 aliphatic heterocycles. The largest absolute Gasteiger partial charge is 0.416 e. The third kappa shape index (κ3) is 3.42. The van der Waals surface area contributed by atoms with Gasteiger partial charge in [-0.1, -0.05) is 12.8 Å². The van der Waals surface area contributed by atoms with Crippen LogP contribution in [0.5, 0.6) is 0 Å². The van der Waals surface area contributed by atoms with Crippen LogP contribution in [-0.2, 0) is 6.18 Å². The molecule has 0 unspecified atom stereocenters. The second-order valence-corrected chi connectivity index (χ2v) is 5.77. The van der Waals surface area contributed by atoms with Gasteiger partial charge in [-0.15, -0.1) is 0 Å². The number of nitrogens with one attached hydrogen (secondary N) is 1. The van der Waals surface area contributed by atoms with Crippen molar-refractivity contribution in [1.29, 1.82) is 0 Å². The van der Waals surface area contributed by atoms with Crippen molar-refractivity contribution in [2.45, 2.75) is 37.9 Å². The van der Waals surface area contributed by atoms with E-state index in [2.05, 4.69) is 10.4 Å². The molecule has 8 heteroatoms. The summed E-state index contributed by atoms with van der Waals surface area (Å²) in [6, 6.07) is 3.58. The minimum absolute atomic E-state index is 0.0405. The Morgan fingerprint density at radius 2 is 1.92 bits per heavy atom. The fraction of sp³-hybridized carbons (Fsp3) is 0.375. The summed E-state index contributed by atoms with van der Waals surface area (Å²) < 4.78 is 53.4. The van der Waals surface area contributed by atoms with Crippen LogP contribution in [0.15, 0.2) is 30.5 Å². The topological polar surface area (TPSA) is 46.9 Å². The molecule has 1 heterocycles. The standard InChI is InChI=1S/C16H15F4N3O/c17-12-6-5-10(16(18,19)20)9-14(12)21-15(24)13-7-8-23(22-13)11-3-1-2-4-11/h5-9,11H,1-4H2,(H,21,24). The van der Waals surface area contributed by atoms with E-state index in [4.69, 9.17) is 0 Å². The normalized spacial score (nSPS) is 15.7. The second-order valence-electron chi connectivity index (χ2n) is 5.77. The summed E-state index contributed by atoms with van der Waals surface area (Å²) in [7, 11) is 0. The fourth-order valence-corrected chi connectivity index (χ4v) is 2.82. The lowest BCUT2D eigenvalue weighted by molar-refractivity contribution is -0.137. The first kappa shape index (κ1) is 16.5. The molecule has 0 bridgehead atoms. The molecule has 0 saturated heterocycles. The van der Waals surface area contributed by atoms with Crippen molar-refractivity contribution in [3.05, 3.63) is 47.5 Å². The van der Waals surface area contributed by atoms with Gasteiger partial charge in [0.1, 0.15) is 5.82 Å². The molecule has 1 aromatic carbocycles. The lowest BCUT2D eigenvalue weighted by Gasteiger charge is -2.11. The van der Waals surface area contributed by atoms with Gasteiger partial charge in [-0.2, -0.15) is 18.3 Å². The molecule has 0 atom stereocenters. The van der Waals surface area contributed by atoms with E-state index in [0.29, 0.717) is 18.2 Å². The molecule has 1 aromatic heterocycles. The Labute approximate surface area is 135 Å². The van der Waals surface area contributed by atoms with Crippen LogP contribution < -0.4 is 5.32 Å². The van der Waals surface area contributed by atoms with Gasteiger partial charge in [-0.05, 0) is 37.1 Å². The number of alkyl halides is 3. The first-order valence-electron chi connectivity index (χ1n) is 7.58. The van der Waals surface area contributed by atoms with Crippen LogP contribution in [0.1, 0.15) is 47.8 Å². The average molecular weight is 341 g/mol. The zero-order chi connectivity index (χ0) is 17.3. The van der Waals surface area contributed by atoms with Gasteiger partial charge < -0.3 is 5.32 Å². The number of rotatable bonds is 3. The van der Waals surface area contributed by atoms with Gasteiger partial charge in [0.15, 0.2) is 5.69 Å². The molecule has 1 aliphatic carbocycles. The number of hydrogen-bond donors (Lipinski definition) is 1. The Kier molecular flexibility index (Phi) is 4.29. The van der Waals surface area contributed by atoms with E-state index in [9.17, 15) is 22.4 Å².